The fourth-order valence-corrected chi connectivity index (χ4v) is 4.34. The van der Waals surface area contributed by atoms with Gasteiger partial charge in [0.25, 0.3) is 0 Å². The van der Waals surface area contributed by atoms with E-state index in [9.17, 15) is 24.2 Å². The number of carboxylic acid groups (broad SMARTS) is 1. The first kappa shape index (κ1) is 25.5. The van der Waals surface area contributed by atoms with Crippen molar-refractivity contribution in [1.29, 1.82) is 0 Å². The fraction of sp³-hybridized carbons (Fsp3) is 0.423. The van der Waals surface area contributed by atoms with E-state index in [-0.39, 0.29) is 24.1 Å². The molecule has 34 heavy (non-hydrogen) atoms. The number of aliphatic hydroxyl groups is 2. The zero-order valence-corrected chi connectivity index (χ0v) is 19.7. The van der Waals surface area contributed by atoms with Crippen LogP contribution in [0.1, 0.15) is 62.8 Å². The number of aromatic nitrogens is 1. The normalized spacial score (nSPS) is 15.4. The SMILES string of the molecule is CC(=O)N1CCCc2c1nc(C(C)C)c(C=CC(O)C[C@@H](O)CC(=O)O)c2-c1ccc(F)cc1. The predicted octanol–water partition coefficient (Wildman–Crippen LogP) is 3.91. The molecule has 0 spiro atoms. The summed E-state index contributed by atoms with van der Waals surface area (Å²) in [5.41, 5.74) is 3.96. The quantitative estimate of drug-likeness (QED) is 0.540. The molecular weight excluding hydrogens is 439 g/mol. The van der Waals surface area contributed by atoms with E-state index in [1.165, 1.54) is 25.1 Å². The van der Waals surface area contributed by atoms with E-state index >= 15 is 0 Å². The Hall–Kier alpha value is -3.10. The Morgan fingerprint density at radius 1 is 1.21 bits per heavy atom. The van der Waals surface area contributed by atoms with Gasteiger partial charge >= 0.3 is 5.97 Å². The van der Waals surface area contributed by atoms with Crippen molar-refractivity contribution >= 4 is 23.8 Å². The van der Waals surface area contributed by atoms with E-state index in [1.54, 1.807) is 23.1 Å². The van der Waals surface area contributed by atoms with Crippen molar-refractivity contribution in [1.82, 2.24) is 4.98 Å². The first-order valence-corrected chi connectivity index (χ1v) is 11.4. The summed E-state index contributed by atoms with van der Waals surface area (Å²) in [6, 6.07) is 6.14. The van der Waals surface area contributed by atoms with Crippen LogP contribution in [0.5, 0.6) is 0 Å². The minimum absolute atomic E-state index is 0.0189. The highest BCUT2D eigenvalue weighted by atomic mass is 19.1. The maximum Gasteiger partial charge on any atom is 0.305 e. The van der Waals surface area contributed by atoms with Crippen LogP contribution in [0.4, 0.5) is 10.2 Å². The minimum Gasteiger partial charge on any atom is -0.481 e. The lowest BCUT2D eigenvalue weighted by molar-refractivity contribution is -0.139. The summed E-state index contributed by atoms with van der Waals surface area (Å²) in [5.74, 6) is -1.01. The van der Waals surface area contributed by atoms with Crippen molar-refractivity contribution in [3.8, 4) is 11.1 Å². The van der Waals surface area contributed by atoms with Crippen LogP contribution >= 0.6 is 0 Å². The second kappa shape index (κ2) is 10.9. The molecule has 0 saturated carbocycles. The molecule has 1 amide bonds. The van der Waals surface area contributed by atoms with Crippen LogP contribution in [0.3, 0.4) is 0 Å². The Morgan fingerprint density at radius 2 is 1.88 bits per heavy atom. The third-order valence-corrected chi connectivity index (χ3v) is 5.88. The maximum absolute atomic E-state index is 13.7. The van der Waals surface area contributed by atoms with Crippen LogP contribution in [0, 0.1) is 5.82 Å². The molecule has 182 valence electrons. The summed E-state index contributed by atoms with van der Waals surface area (Å²) in [6.45, 7) is 6.05. The molecule has 2 aromatic rings. The number of pyridine rings is 1. The molecule has 0 radical (unpaired) electrons. The highest BCUT2D eigenvalue weighted by Crippen LogP contribution is 2.40. The number of hydrogen-bond acceptors (Lipinski definition) is 5. The number of carbonyl (C=O) groups excluding carboxylic acids is 1. The smallest absolute Gasteiger partial charge is 0.305 e. The molecule has 0 fully saturated rings. The first-order valence-electron chi connectivity index (χ1n) is 11.4. The zero-order chi connectivity index (χ0) is 25.0. The van der Waals surface area contributed by atoms with Crippen molar-refractivity contribution in [2.24, 2.45) is 0 Å². The molecule has 2 heterocycles. The van der Waals surface area contributed by atoms with Crippen LogP contribution in [-0.2, 0) is 16.0 Å². The highest BCUT2D eigenvalue weighted by Gasteiger charge is 2.28. The van der Waals surface area contributed by atoms with E-state index in [1.807, 2.05) is 13.8 Å². The molecule has 1 aromatic carbocycles. The molecular formula is C26H31FN2O5. The lowest BCUT2D eigenvalue weighted by Crippen LogP contribution is -2.35. The van der Waals surface area contributed by atoms with Gasteiger partial charge in [0.15, 0.2) is 0 Å². The van der Waals surface area contributed by atoms with Gasteiger partial charge in [-0.3, -0.25) is 14.5 Å². The van der Waals surface area contributed by atoms with Gasteiger partial charge in [-0.25, -0.2) is 9.37 Å². The maximum atomic E-state index is 13.7. The number of anilines is 1. The predicted molar refractivity (Wildman–Crippen MR) is 128 cm³/mol. The van der Waals surface area contributed by atoms with Gasteiger partial charge in [0, 0.05) is 31.0 Å². The van der Waals surface area contributed by atoms with Crippen LogP contribution in [0.2, 0.25) is 0 Å². The standard InChI is InChI=1S/C26H31FN2O5/c1-15(2)25-21(11-10-19(31)13-20(32)14-23(33)34)24(17-6-8-18(27)9-7-17)22-5-4-12-29(16(3)30)26(22)28-25/h6-11,15,19-20,31-32H,4-5,12-14H2,1-3H3,(H,33,34)/t19?,20-/m1/s1. The van der Waals surface area contributed by atoms with Crippen molar-refractivity contribution < 1.29 is 29.3 Å². The number of aliphatic carboxylic acids is 1. The number of carboxylic acids is 1. The number of nitrogens with zero attached hydrogens (tertiary/aromatic N) is 2. The molecule has 7 nitrogen and oxygen atoms in total. The molecule has 3 rings (SSSR count). The number of hydrogen-bond donors (Lipinski definition) is 3. The Kier molecular flexibility index (Phi) is 8.17. The van der Waals surface area contributed by atoms with Gasteiger partial charge in [-0.15, -0.1) is 0 Å². The number of carbonyl (C=O) groups is 2. The van der Waals surface area contributed by atoms with Crippen molar-refractivity contribution in [3.05, 3.63) is 53.0 Å². The lowest BCUT2D eigenvalue weighted by atomic mass is 9.87. The summed E-state index contributed by atoms with van der Waals surface area (Å²) in [5, 5.41) is 29.1. The Bertz CT molecular complexity index is 1080. The first-order chi connectivity index (χ1) is 16.1. The number of rotatable bonds is 8. The number of benzene rings is 1. The van der Waals surface area contributed by atoms with Crippen molar-refractivity contribution in [3.63, 3.8) is 0 Å². The molecule has 2 atom stereocenters. The van der Waals surface area contributed by atoms with Gasteiger partial charge in [-0.1, -0.05) is 38.1 Å². The van der Waals surface area contributed by atoms with E-state index < -0.39 is 24.6 Å². The minimum atomic E-state index is -1.18. The number of aliphatic hydroxyl groups excluding tert-OH is 2. The van der Waals surface area contributed by atoms with E-state index in [0.29, 0.717) is 18.8 Å². The van der Waals surface area contributed by atoms with Crippen molar-refractivity contribution in [2.45, 2.75) is 64.6 Å². The van der Waals surface area contributed by atoms with Gasteiger partial charge in [0.2, 0.25) is 5.91 Å². The van der Waals surface area contributed by atoms with Gasteiger partial charge in [0.05, 0.1) is 24.3 Å². The second-order valence-electron chi connectivity index (χ2n) is 8.94. The lowest BCUT2D eigenvalue weighted by Gasteiger charge is -2.31. The van der Waals surface area contributed by atoms with Crippen molar-refractivity contribution in [2.75, 3.05) is 11.4 Å². The van der Waals surface area contributed by atoms with E-state index in [4.69, 9.17) is 10.1 Å². The Labute approximate surface area is 198 Å². The highest BCUT2D eigenvalue weighted by molar-refractivity contribution is 5.94. The third kappa shape index (κ3) is 5.87. The van der Waals surface area contributed by atoms with Gasteiger partial charge in [0.1, 0.15) is 11.6 Å². The number of fused-ring (bicyclic) bond motifs is 1. The second-order valence-corrected chi connectivity index (χ2v) is 8.94. The summed E-state index contributed by atoms with van der Waals surface area (Å²) < 4.78 is 13.7. The van der Waals surface area contributed by atoms with Gasteiger partial charge in [-0.2, -0.15) is 0 Å². The topological polar surface area (TPSA) is 111 Å². The van der Waals surface area contributed by atoms with E-state index in [0.717, 1.165) is 34.4 Å². The molecule has 0 bridgehead atoms. The fourth-order valence-electron chi connectivity index (χ4n) is 4.34. The molecule has 1 aliphatic heterocycles. The molecule has 0 saturated heterocycles. The summed E-state index contributed by atoms with van der Waals surface area (Å²) >= 11 is 0. The molecule has 1 aromatic heterocycles. The van der Waals surface area contributed by atoms with Crippen LogP contribution in [-0.4, -0.2) is 50.9 Å². The number of amides is 1. The third-order valence-electron chi connectivity index (χ3n) is 5.88. The summed E-state index contributed by atoms with van der Waals surface area (Å²) in [7, 11) is 0. The van der Waals surface area contributed by atoms with Crippen LogP contribution < -0.4 is 4.90 Å². The summed E-state index contributed by atoms with van der Waals surface area (Å²) in [4.78, 5) is 29.7. The molecule has 1 unspecified atom stereocenters. The molecule has 1 aliphatic rings. The molecule has 0 aliphatic carbocycles. The molecule has 8 heteroatoms. The number of halogens is 1. The molecule has 3 N–H and O–H groups in total. The van der Waals surface area contributed by atoms with E-state index in [2.05, 4.69) is 0 Å². The average molecular weight is 471 g/mol. The van der Waals surface area contributed by atoms with Gasteiger partial charge < -0.3 is 15.3 Å². The van der Waals surface area contributed by atoms with Crippen LogP contribution in [0.15, 0.2) is 30.3 Å². The summed E-state index contributed by atoms with van der Waals surface area (Å²) in [6.07, 6.45) is 1.87. The average Bonchev–Trinajstić information content (AvgIpc) is 2.76. The monoisotopic (exact) mass is 470 g/mol. The Balaban J connectivity index is 2.16. The largest absolute Gasteiger partial charge is 0.481 e. The zero-order valence-electron chi connectivity index (χ0n) is 19.7. The van der Waals surface area contributed by atoms with Crippen LogP contribution in [0.25, 0.3) is 17.2 Å². The van der Waals surface area contributed by atoms with Gasteiger partial charge in [-0.05, 0) is 42.0 Å². The Morgan fingerprint density at radius 3 is 2.47 bits per heavy atom.